The van der Waals surface area contributed by atoms with Gasteiger partial charge in [-0.3, -0.25) is 19.9 Å². The molecule has 0 amide bonds. The van der Waals surface area contributed by atoms with Gasteiger partial charge in [0.2, 0.25) is 0 Å². The van der Waals surface area contributed by atoms with Crippen LogP contribution in [0.5, 0.6) is 0 Å². The lowest BCUT2D eigenvalue weighted by Crippen LogP contribution is -2.57. The standard InChI is InChI=1S/C70H98N8/c1-40(2)22-53-31-57(35-61(71-53)44(9)10)75-39-70(78(66-27-49(18)48(17)26-65(66)75)60-34-56(25-43(7)8)74-64(38-60)47(15)16)69-30-52(21)76(58-32-54(23-41(3)4)72-62(36-58)45(11)12)67-28-50(19)51(20)29-68(67)77(69)59-33-55(24-42(5)6)73-63(37-59)46(13)14/h26-29,31-38,40-47,52,69-70H,22-25,30,39H2,1-21H3/t52-,69-,70?/m1/s1. The largest absolute Gasteiger partial charge is 0.337 e. The second-order valence-corrected chi connectivity index (χ2v) is 26.8. The van der Waals surface area contributed by atoms with Crippen LogP contribution >= 0.6 is 0 Å². The van der Waals surface area contributed by atoms with Crippen molar-refractivity contribution in [1.82, 2.24) is 19.9 Å². The zero-order valence-electron chi connectivity index (χ0n) is 52.1. The molecular weight excluding hydrogens is 953 g/mol. The van der Waals surface area contributed by atoms with Crippen molar-refractivity contribution in [2.75, 3.05) is 26.1 Å². The van der Waals surface area contributed by atoms with Crippen molar-refractivity contribution >= 4 is 45.5 Å². The molecule has 2 aliphatic heterocycles. The number of nitrogens with zero attached hydrogens (tertiary/aromatic N) is 8. The van der Waals surface area contributed by atoms with Gasteiger partial charge in [0.15, 0.2) is 0 Å². The molecule has 418 valence electrons. The number of aromatic nitrogens is 4. The fourth-order valence-corrected chi connectivity index (χ4v) is 12.0. The van der Waals surface area contributed by atoms with E-state index in [-0.39, 0.29) is 41.8 Å². The van der Waals surface area contributed by atoms with E-state index in [2.05, 4.69) is 238 Å². The Hall–Kier alpha value is -5.76. The molecule has 2 aliphatic rings. The Kier molecular flexibility index (Phi) is 17.9. The lowest BCUT2D eigenvalue weighted by Gasteiger charge is -2.50. The van der Waals surface area contributed by atoms with Gasteiger partial charge in [0.05, 0.1) is 34.8 Å². The number of fused-ring (bicyclic) bond motifs is 2. The Morgan fingerprint density at radius 2 is 0.641 bits per heavy atom. The predicted molar refractivity (Wildman–Crippen MR) is 334 cm³/mol. The van der Waals surface area contributed by atoms with Crippen molar-refractivity contribution in [1.29, 1.82) is 0 Å². The minimum Gasteiger partial charge on any atom is -0.337 e. The minimum absolute atomic E-state index is 0.0512. The van der Waals surface area contributed by atoms with E-state index in [0.29, 0.717) is 23.7 Å². The summed E-state index contributed by atoms with van der Waals surface area (Å²) in [5.41, 5.74) is 24.2. The highest BCUT2D eigenvalue weighted by Gasteiger charge is 2.45. The third-order valence-electron chi connectivity index (χ3n) is 16.3. The Bertz CT molecular complexity index is 3070. The normalized spacial score (nSPS) is 17.1. The maximum Gasteiger partial charge on any atom is 0.0730 e. The quantitative estimate of drug-likeness (QED) is 0.0895. The average molecular weight is 1050 g/mol. The molecule has 8 rings (SSSR count). The van der Waals surface area contributed by atoms with Gasteiger partial charge in [-0.05, 0) is 209 Å². The van der Waals surface area contributed by atoms with Crippen LogP contribution in [0.3, 0.4) is 0 Å². The molecule has 0 fully saturated rings. The molecule has 1 unspecified atom stereocenters. The Labute approximate surface area is 472 Å². The van der Waals surface area contributed by atoms with Gasteiger partial charge in [-0.2, -0.15) is 0 Å². The van der Waals surface area contributed by atoms with E-state index in [1.165, 1.54) is 67.8 Å². The number of aryl methyl sites for hydroxylation is 4. The molecule has 8 nitrogen and oxygen atoms in total. The molecule has 6 heterocycles. The highest BCUT2D eigenvalue weighted by Crippen LogP contribution is 2.52. The first-order valence-electron chi connectivity index (χ1n) is 30.2. The smallest absolute Gasteiger partial charge is 0.0730 e. The van der Waals surface area contributed by atoms with E-state index in [4.69, 9.17) is 19.9 Å². The summed E-state index contributed by atoms with van der Waals surface area (Å²) in [6, 6.07) is 29.4. The number of pyridine rings is 4. The molecule has 0 spiro atoms. The minimum atomic E-state index is -0.0700. The summed E-state index contributed by atoms with van der Waals surface area (Å²) >= 11 is 0. The van der Waals surface area contributed by atoms with Gasteiger partial charge in [0, 0.05) is 80.9 Å². The molecule has 4 aromatic heterocycles. The van der Waals surface area contributed by atoms with Crippen LogP contribution in [0.4, 0.5) is 45.5 Å². The van der Waals surface area contributed by atoms with Gasteiger partial charge in [-0.25, -0.2) is 0 Å². The molecule has 8 heteroatoms. The molecular formula is C70H98N8. The Morgan fingerprint density at radius 3 is 0.987 bits per heavy atom. The van der Waals surface area contributed by atoms with Crippen LogP contribution in [0.2, 0.25) is 0 Å². The number of hydrogen-bond acceptors (Lipinski definition) is 8. The summed E-state index contributed by atoms with van der Waals surface area (Å²) < 4.78 is 0. The highest BCUT2D eigenvalue weighted by molar-refractivity contribution is 5.89. The molecule has 0 saturated heterocycles. The van der Waals surface area contributed by atoms with Crippen LogP contribution in [0.15, 0.2) is 72.8 Å². The van der Waals surface area contributed by atoms with Gasteiger partial charge in [0.25, 0.3) is 0 Å². The van der Waals surface area contributed by atoms with Crippen molar-refractivity contribution in [3.8, 4) is 0 Å². The molecule has 0 bridgehead atoms. The second kappa shape index (κ2) is 23.9. The fourth-order valence-electron chi connectivity index (χ4n) is 12.0. The van der Waals surface area contributed by atoms with Crippen LogP contribution in [0, 0.1) is 51.4 Å². The van der Waals surface area contributed by atoms with E-state index < -0.39 is 0 Å². The summed E-state index contributed by atoms with van der Waals surface area (Å²) in [5.74, 6) is 2.92. The predicted octanol–water partition coefficient (Wildman–Crippen LogP) is 18.6. The first-order valence-corrected chi connectivity index (χ1v) is 30.2. The molecule has 0 aliphatic carbocycles. The summed E-state index contributed by atoms with van der Waals surface area (Å²) in [5, 5.41) is 0. The molecule has 0 saturated carbocycles. The third kappa shape index (κ3) is 12.8. The lowest BCUT2D eigenvalue weighted by molar-refractivity contribution is 0.452. The van der Waals surface area contributed by atoms with E-state index in [1.54, 1.807) is 0 Å². The number of benzene rings is 2. The summed E-state index contributed by atoms with van der Waals surface area (Å²) in [4.78, 5) is 32.6. The van der Waals surface area contributed by atoms with Gasteiger partial charge in [0.1, 0.15) is 0 Å². The molecule has 3 atom stereocenters. The van der Waals surface area contributed by atoms with Crippen LogP contribution in [-0.4, -0.2) is 44.6 Å². The SMILES string of the molecule is Cc1cc2c(cc1C)N(c1cc(CC(C)C)nc(C(C)C)c1)C([C@H]1C[C@@H](C)N(c3cc(CC(C)C)nc(C(C)C)c3)c3cc(C)c(C)cc3N1c1cc(CC(C)C)nc(C(C)C)c1)CN2c1cc(CC(C)C)nc(C(C)C)c1. The number of hydrogen-bond donors (Lipinski definition) is 0. The molecule has 78 heavy (non-hydrogen) atoms. The zero-order valence-corrected chi connectivity index (χ0v) is 52.1. The number of anilines is 8. The van der Waals surface area contributed by atoms with E-state index in [9.17, 15) is 0 Å². The fraction of sp³-hybridized carbons (Fsp3) is 0.543. The zero-order chi connectivity index (χ0) is 56.8. The maximum atomic E-state index is 5.45. The first-order chi connectivity index (χ1) is 36.8. The first kappa shape index (κ1) is 58.4. The average Bonchev–Trinajstić information content (AvgIpc) is 3.46. The van der Waals surface area contributed by atoms with Gasteiger partial charge >= 0.3 is 0 Å². The van der Waals surface area contributed by atoms with Gasteiger partial charge in [-0.15, -0.1) is 0 Å². The maximum absolute atomic E-state index is 5.45. The number of rotatable bonds is 17. The van der Waals surface area contributed by atoms with Crippen LogP contribution in [0.25, 0.3) is 0 Å². The van der Waals surface area contributed by atoms with Crippen molar-refractivity contribution in [3.63, 3.8) is 0 Å². The monoisotopic (exact) mass is 1050 g/mol. The van der Waals surface area contributed by atoms with Crippen LogP contribution in [-0.2, 0) is 25.7 Å². The summed E-state index contributed by atoms with van der Waals surface area (Å²) in [6.07, 6.45) is 4.54. The van der Waals surface area contributed by atoms with Crippen LogP contribution < -0.4 is 19.6 Å². The van der Waals surface area contributed by atoms with Gasteiger partial charge in [-0.1, -0.05) is 111 Å². The lowest BCUT2D eigenvalue weighted by atomic mass is 9.90. The molecule has 6 aromatic rings. The molecule has 0 N–H and O–H groups in total. The topological polar surface area (TPSA) is 64.5 Å². The van der Waals surface area contributed by atoms with Crippen molar-refractivity contribution in [2.24, 2.45) is 23.7 Å². The van der Waals surface area contributed by atoms with E-state index >= 15 is 0 Å². The van der Waals surface area contributed by atoms with Crippen molar-refractivity contribution < 1.29 is 0 Å². The van der Waals surface area contributed by atoms with E-state index in [1.807, 2.05) is 0 Å². The molecule has 0 radical (unpaired) electrons. The highest BCUT2D eigenvalue weighted by atomic mass is 15.4. The van der Waals surface area contributed by atoms with Crippen molar-refractivity contribution in [2.45, 2.75) is 219 Å². The summed E-state index contributed by atoms with van der Waals surface area (Å²) in [7, 11) is 0. The third-order valence-corrected chi connectivity index (χ3v) is 16.3. The Morgan fingerprint density at radius 1 is 0.359 bits per heavy atom. The van der Waals surface area contributed by atoms with Crippen LogP contribution in [0.1, 0.15) is 216 Å². The second-order valence-electron chi connectivity index (χ2n) is 26.8. The Balaban J connectivity index is 1.52. The van der Waals surface area contributed by atoms with E-state index in [0.717, 1.165) is 84.2 Å². The summed E-state index contributed by atoms with van der Waals surface area (Å²) in [6.45, 7) is 49.4. The molecule has 2 aromatic carbocycles. The van der Waals surface area contributed by atoms with Gasteiger partial charge < -0.3 is 19.6 Å². The van der Waals surface area contributed by atoms with Crippen molar-refractivity contribution in [3.05, 3.63) is 141 Å².